The Kier molecular flexibility index (Phi) is 36.6. The molecule has 9 unspecified atom stereocenters. The highest BCUT2D eigenvalue weighted by Gasteiger charge is 2.73. The van der Waals surface area contributed by atoms with Crippen LogP contribution in [0.1, 0.15) is 260 Å². The van der Waals surface area contributed by atoms with Gasteiger partial charge in [0.25, 0.3) is 17.7 Å². The van der Waals surface area contributed by atoms with E-state index in [0.717, 1.165) is 68.1 Å². The number of rotatable bonds is 37. The SMILES string of the molecule is CC(C)(C)NC(=O)OC[C@@H](NC(=O)N[C@H](C(=O)N1CC2C([C@H]1C(=O)NC(CC1CC1)C(=O)C(N)=O)C2(C)C)C(C)(C)C)C(C)(C)C.CC1(C)C2CN(C(=O)[C@@H](NC(=O)N[C@H](COC(=O)NCc3ccccc3)C(C)(C)C)C(C)(C)C)[C@H](C(=O)NC(CC3CCC3)C(=O)C(N)=O)C21.CCNC(=O)OC[C@@H](NC(=O)N[C@H](C(=O)N1CC2C([C@H]1C(=O)NC(CC1CCC1)C(=O)C(N)=O)C2(C)C)C1Cc2ccccc2C1)C(C)(C)C. The first-order chi connectivity index (χ1) is 67.6. The monoisotopic (exact) mass is 2040 g/mol. The summed E-state index contributed by atoms with van der Waals surface area (Å²) in [4.78, 5) is 241. The minimum absolute atomic E-state index is 0.0593. The number of fused-ring (bicyclic) bond motifs is 4. The number of urea groups is 3. The second-order valence-electron chi connectivity index (χ2n) is 50.4. The van der Waals surface area contributed by atoms with Crippen LogP contribution in [0.25, 0.3) is 0 Å². The molecule has 6 saturated carbocycles. The fourth-order valence-electron chi connectivity index (χ4n) is 21.6. The number of primary amides is 3. The van der Waals surface area contributed by atoms with Gasteiger partial charge in [0.2, 0.25) is 52.8 Å². The summed E-state index contributed by atoms with van der Waals surface area (Å²) in [5, 5.41) is 33.7. The largest absolute Gasteiger partial charge is 0.447 e. The molecule has 18 N–H and O–H groups in total. The third-order valence-electron chi connectivity index (χ3n) is 31.9. The van der Waals surface area contributed by atoms with Crippen LogP contribution in [0.5, 0.6) is 0 Å². The maximum Gasteiger partial charge on any atom is 0.407 e. The van der Waals surface area contributed by atoms with Crippen LogP contribution in [0.15, 0.2) is 54.6 Å². The predicted octanol–water partition coefficient (Wildman–Crippen LogP) is 8.16. The van der Waals surface area contributed by atoms with Gasteiger partial charge in [-0.2, -0.15) is 0 Å². The van der Waals surface area contributed by atoms with Crippen molar-refractivity contribution < 1.29 is 101 Å². The Hall–Kier alpha value is -11.7. The van der Waals surface area contributed by atoms with E-state index in [2.05, 4.69) is 91.5 Å². The van der Waals surface area contributed by atoms with Crippen molar-refractivity contribution in [1.29, 1.82) is 0 Å². The van der Waals surface area contributed by atoms with Crippen LogP contribution in [0.2, 0.25) is 0 Å². The molecule has 146 heavy (non-hydrogen) atoms. The molecule has 9 fully saturated rings. The van der Waals surface area contributed by atoms with Gasteiger partial charge in [-0.3, -0.25) is 57.5 Å². The minimum Gasteiger partial charge on any atom is -0.447 e. The Morgan fingerprint density at radius 3 is 0.979 bits per heavy atom. The fourth-order valence-corrected chi connectivity index (χ4v) is 21.6. The zero-order chi connectivity index (χ0) is 109. The lowest BCUT2D eigenvalue weighted by atomic mass is 9.80. The summed E-state index contributed by atoms with van der Waals surface area (Å²) in [6, 6.07) is 4.98. The number of nitrogens with one attached hydrogen (secondary N) is 12. The number of alkyl carbamates (subject to hydrolysis) is 3. The molecule has 39 nitrogen and oxygen atoms in total. The van der Waals surface area contributed by atoms with Crippen LogP contribution in [-0.2, 0) is 91.1 Å². The molecule has 3 heterocycles. The van der Waals surface area contributed by atoms with Crippen molar-refractivity contribution in [2.75, 3.05) is 46.0 Å². The highest BCUT2D eigenvalue weighted by molar-refractivity contribution is 6.39. The number of amides is 18. The van der Waals surface area contributed by atoms with Gasteiger partial charge in [-0.05, 0) is 179 Å². The number of ketones is 3. The summed E-state index contributed by atoms with van der Waals surface area (Å²) in [5.41, 5.74) is 15.0. The van der Waals surface area contributed by atoms with E-state index in [4.69, 9.17) is 31.4 Å². The average molecular weight is 2040 g/mol. The van der Waals surface area contributed by atoms with Gasteiger partial charge in [-0.15, -0.1) is 0 Å². The molecule has 0 aromatic heterocycles. The third kappa shape index (κ3) is 29.4. The van der Waals surface area contributed by atoms with Crippen molar-refractivity contribution in [3.63, 3.8) is 0 Å². The average Bonchev–Trinajstić information content (AvgIpc) is 1.53. The molecular formula is C107H166N18O21. The van der Waals surface area contributed by atoms with Gasteiger partial charge in [-0.25, -0.2) is 28.8 Å². The van der Waals surface area contributed by atoms with Gasteiger partial charge < -0.3 is 110 Å². The molecule has 18 amide bonds. The van der Waals surface area contributed by atoms with E-state index in [-0.39, 0.29) is 101 Å². The smallest absolute Gasteiger partial charge is 0.407 e. The molecular weight excluding hydrogens is 1870 g/mol. The van der Waals surface area contributed by atoms with E-state index in [1.165, 1.54) is 9.80 Å². The van der Waals surface area contributed by atoms with Crippen LogP contribution in [-0.4, -0.2) is 246 Å². The summed E-state index contributed by atoms with van der Waals surface area (Å²) in [6.07, 6.45) is 7.83. The molecule has 0 bridgehead atoms. The van der Waals surface area contributed by atoms with E-state index < -0.39 is 206 Å². The fraction of sp³-hybridized carbons (Fsp3) is 0.720. The normalized spacial score (nSPS) is 23.7. The molecule has 3 saturated heterocycles. The molecule has 10 aliphatic rings. The summed E-state index contributed by atoms with van der Waals surface area (Å²) in [5.74, 6) is -8.37. The Bertz CT molecular complexity index is 5140. The lowest BCUT2D eigenvalue weighted by Gasteiger charge is -2.39. The Labute approximate surface area is 859 Å². The molecule has 810 valence electrons. The second kappa shape index (κ2) is 46.0. The van der Waals surface area contributed by atoms with Gasteiger partial charge in [-0.1, -0.05) is 251 Å². The van der Waals surface area contributed by atoms with Crippen molar-refractivity contribution in [3.05, 3.63) is 71.3 Å². The highest BCUT2D eigenvalue weighted by Crippen LogP contribution is 2.67. The molecule has 39 heteroatoms. The first kappa shape index (κ1) is 116. The van der Waals surface area contributed by atoms with E-state index in [9.17, 15) is 86.3 Å². The van der Waals surface area contributed by atoms with E-state index >= 15 is 0 Å². The molecule has 7 aliphatic carbocycles. The number of likely N-dealkylation sites (tertiary alicyclic amines) is 3. The summed E-state index contributed by atoms with van der Waals surface area (Å²) in [7, 11) is 0. The quantitative estimate of drug-likeness (QED) is 0.0224. The third-order valence-corrected chi connectivity index (χ3v) is 31.9. The van der Waals surface area contributed by atoms with Crippen molar-refractivity contribution in [3.8, 4) is 0 Å². The highest BCUT2D eigenvalue weighted by atomic mass is 16.6. The number of hydrogen-bond donors (Lipinski definition) is 15. The zero-order valence-corrected chi connectivity index (χ0v) is 90.4. The number of carbonyl (C=O) groups is 18. The van der Waals surface area contributed by atoms with Crippen molar-refractivity contribution in [1.82, 2.24) is 78.5 Å². The number of piperidine rings is 3. The molecule has 12 rings (SSSR count). The molecule has 2 aromatic rings. The lowest BCUT2D eigenvalue weighted by molar-refractivity contribution is -0.145. The minimum atomic E-state index is -1.10. The molecule has 3 aliphatic heterocycles. The van der Waals surface area contributed by atoms with E-state index in [1.807, 2.05) is 193 Å². The summed E-state index contributed by atoms with van der Waals surface area (Å²) >= 11 is 0. The van der Waals surface area contributed by atoms with E-state index in [0.29, 0.717) is 64.8 Å². The number of ether oxygens (including phenoxy) is 3. The summed E-state index contributed by atoms with van der Waals surface area (Å²) in [6.45, 7) is 49.1. The van der Waals surface area contributed by atoms with Gasteiger partial charge in [0, 0.05) is 38.3 Å². The number of Topliss-reactive ketones (excluding diaryl/α,β-unsaturated/α-hetero) is 3. The van der Waals surface area contributed by atoms with Gasteiger partial charge in [0.15, 0.2) is 0 Å². The predicted molar refractivity (Wildman–Crippen MR) is 545 cm³/mol. The van der Waals surface area contributed by atoms with Crippen LogP contribution >= 0.6 is 0 Å². The molecule has 2 aromatic carbocycles. The number of nitrogens with zero attached hydrogens (tertiary/aromatic N) is 3. The summed E-state index contributed by atoms with van der Waals surface area (Å²) < 4.78 is 16.2. The van der Waals surface area contributed by atoms with Crippen LogP contribution in [0.4, 0.5) is 28.8 Å². The van der Waals surface area contributed by atoms with Gasteiger partial charge in [0.05, 0.1) is 36.3 Å². The zero-order valence-electron chi connectivity index (χ0n) is 90.4. The molecule has 18 atom stereocenters. The number of hydrogen-bond acceptors (Lipinski definition) is 21. The number of carbonyl (C=O) groups excluding carboxylic acids is 18. The van der Waals surface area contributed by atoms with Crippen molar-refractivity contribution >= 4 is 107 Å². The van der Waals surface area contributed by atoms with Crippen LogP contribution in [0, 0.1) is 102 Å². The van der Waals surface area contributed by atoms with Crippen molar-refractivity contribution in [2.24, 2.45) is 120 Å². The standard InChI is InChI=1S/C37H54N6O7.C37H56N6O7.C33H56N6O7/c1-7-39-35(49)50-19-26(36(2,3)4)41-34(48)42-28(23-16-21-13-8-9-14-22(21)17-23)33(47)43-18-24-27(37(24,5)6)29(43)32(46)40-25(30(44)31(38)45)15-20-11-10-12-20;1-35(2,3)25(20-50-34(49)39-18-22-13-10-9-11-14-22)41-33(48)42-29(36(4,5)6)32(47)43-19-23-26(37(23,7)8)27(43)31(46)40-24(28(44)30(38)45)17-21-15-12-16-21;1-30(2,3)20(16-46-29(45)38-32(7,8)9)36-28(44)37-24(31(4,5)6)27(43)39-15-18-21(33(18,10)11)22(39)26(42)35-19(14-17-12-13-17)23(40)25(34)41/h8-9,13-14,20,23-29H,7,10-12,15-19H2,1-6H3,(H2,38,45)(H,39,49)(H,40,46)(H2,41,42,48);9-11,13-14,21,23-27,29H,12,15-20H2,1-8H3,(H2,38,45)(H,39,49)(H,40,46)(H2,41,42,48);17-22,24H,12-16H2,1-11H3,(H2,34,41)(H,35,42)(H,38,45)(H2,36,37,44)/t24?,25?,26-,27?,28+,29+;23?,24?,25-,26?,27+,29-;18?,19?,20-,21?,22+,24-/m111/s1. The number of nitrogens with two attached hydrogens (primary N) is 3. The lowest BCUT2D eigenvalue weighted by Crippen LogP contribution is -2.62. The van der Waals surface area contributed by atoms with Crippen LogP contribution in [0.3, 0.4) is 0 Å². The van der Waals surface area contributed by atoms with Gasteiger partial charge in [0.1, 0.15) is 56.1 Å². The Balaban J connectivity index is 0.000000225. The topological polar surface area (TPSA) is 567 Å². The Morgan fingerprint density at radius 1 is 0.377 bits per heavy atom. The Morgan fingerprint density at radius 2 is 0.685 bits per heavy atom. The second-order valence-corrected chi connectivity index (χ2v) is 50.4. The maximum absolute atomic E-state index is 14.7. The first-order valence-corrected chi connectivity index (χ1v) is 52.0. The first-order valence-electron chi connectivity index (χ1n) is 52.0. The number of benzene rings is 2. The van der Waals surface area contributed by atoms with E-state index in [1.54, 1.807) is 11.8 Å². The maximum atomic E-state index is 14.7. The molecule has 0 spiro atoms. The van der Waals surface area contributed by atoms with Crippen LogP contribution < -0.4 is 81.0 Å². The molecule has 0 radical (unpaired) electrons. The van der Waals surface area contributed by atoms with Gasteiger partial charge >= 0.3 is 36.4 Å². The van der Waals surface area contributed by atoms with Crippen molar-refractivity contribution in [2.45, 2.75) is 341 Å².